The molecule has 2 amide bonds. The van der Waals surface area contributed by atoms with Crippen LogP contribution in [0.2, 0.25) is 0 Å². The number of hydrazone groups is 1. The van der Waals surface area contributed by atoms with Crippen LogP contribution in [0.4, 0.5) is 4.79 Å². The molecule has 2 N–H and O–H groups in total. The number of hydrogen-bond donors (Lipinski definition) is 2. The Morgan fingerprint density at radius 1 is 1.24 bits per heavy atom. The van der Waals surface area contributed by atoms with Gasteiger partial charge in [0.25, 0.3) is 0 Å². The molecule has 1 aliphatic heterocycles. The third kappa shape index (κ3) is 3.50. The van der Waals surface area contributed by atoms with Gasteiger partial charge in [0.1, 0.15) is 11.8 Å². The van der Waals surface area contributed by atoms with Gasteiger partial charge < -0.3 is 14.8 Å². The third-order valence-electron chi connectivity index (χ3n) is 2.84. The van der Waals surface area contributed by atoms with Crippen LogP contribution in [-0.4, -0.2) is 30.9 Å². The summed E-state index contributed by atoms with van der Waals surface area (Å²) < 4.78 is 10.3. The van der Waals surface area contributed by atoms with E-state index in [1.54, 1.807) is 31.2 Å². The Kier molecular flexibility index (Phi) is 4.76. The van der Waals surface area contributed by atoms with Crippen molar-refractivity contribution in [2.75, 3.05) is 13.2 Å². The van der Waals surface area contributed by atoms with Crippen LogP contribution < -0.4 is 15.5 Å². The Labute approximate surface area is 122 Å². The second-order valence-electron chi connectivity index (χ2n) is 4.24. The number of urea groups is 1. The predicted molar refractivity (Wildman–Crippen MR) is 76.1 cm³/mol. The molecule has 7 heteroatoms. The Morgan fingerprint density at radius 3 is 2.57 bits per heavy atom. The van der Waals surface area contributed by atoms with E-state index in [4.69, 9.17) is 9.47 Å². The maximum atomic E-state index is 11.9. The Bertz CT molecular complexity index is 554. The van der Waals surface area contributed by atoms with Crippen LogP contribution in [0.3, 0.4) is 0 Å². The summed E-state index contributed by atoms with van der Waals surface area (Å²) in [5.74, 6) is 0.153. The maximum absolute atomic E-state index is 11.9. The zero-order valence-electron chi connectivity index (χ0n) is 11.9. The highest BCUT2D eigenvalue weighted by Crippen LogP contribution is 2.21. The Balaban J connectivity index is 2.25. The van der Waals surface area contributed by atoms with E-state index in [-0.39, 0.29) is 12.3 Å². The normalized spacial score (nSPS) is 17.3. The highest BCUT2D eigenvalue weighted by molar-refractivity contribution is 6.39. The molecule has 1 atom stereocenters. The summed E-state index contributed by atoms with van der Waals surface area (Å²) in [6.45, 7) is 4.41. The van der Waals surface area contributed by atoms with Crippen LogP contribution in [0.5, 0.6) is 5.75 Å². The maximum Gasteiger partial charge on any atom is 0.357 e. The molecule has 2 rings (SSSR count). The first kappa shape index (κ1) is 14.8. The first-order valence-corrected chi connectivity index (χ1v) is 6.69. The van der Waals surface area contributed by atoms with Gasteiger partial charge in [0.05, 0.1) is 13.2 Å². The number of nitrogens with one attached hydrogen (secondary N) is 2. The highest BCUT2D eigenvalue weighted by atomic mass is 16.5. The van der Waals surface area contributed by atoms with Crippen molar-refractivity contribution in [3.8, 4) is 5.75 Å². The Morgan fingerprint density at radius 2 is 1.95 bits per heavy atom. The summed E-state index contributed by atoms with van der Waals surface area (Å²) in [6.07, 6.45) is 0. The average molecular weight is 291 g/mol. The molecule has 0 saturated heterocycles. The first-order chi connectivity index (χ1) is 10.2. The number of hydrogen-bond acceptors (Lipinski definition) is 5. The van der Waals surface area contributed by atoms with E-state index in [9.17, 15) is 9.59 Å². The molecular weight excluding hydrogens is 274 g/mol. The van der Waals surface area contributed by atoms with E-state index < -0.39 is 18.0 Å². The lowest BCUT2D eigenvalue weighted by atomic mass is 10.0. The zero-order chi connectivity index (χ0) is 15.2. The minimum atomic E-state index is -0.645. The lowest BCUT2D eigenvalue weighted by Crippen LogP contribution is -2.47. The molecule has 0 bridgehead atoms. The van der Waals surface area contributed by atoms with E-state index in [0.29, 0.717) is 6.61 Å². The smallest absolute Gasteiger partial charge is 0.357 e. The first-order valence-electron chi connectivity index (χ1n) is 6.69. The van der Waals surface area contributed by atoms with Crippen molar-refractivity contribution in [1.29, 1.82) is 0 Å². The second-order valence-corrected chi connectivity index (χ2v) is 4.24. The van der Waals surface area contributed by atoms with Crippen molar-refractivity contribution in [2.24, 2.45) is 5.10 Å². The van der Waals surface area contributed by atoms with Gasteiger partial charge in [-0.15, -0.1) is 0 Å². The summed E-state index contributed by atoms with van der Waals surface area (Å²) in [5, 5.41) is 6.45. The summed E-state index contributed by atoms with van der Waals surface area (Å²) >= 11 is 0. The lowest BCUT2D eigenvalue weighted by Gasteiger charge is -2.23. The fourth-order valence-electron chi connectivity index (χ4n) is 1.94. The van der Waals surface area contributed by atoms with Crippen molar-refractivity contribution in [1.82, 2.24) is 10.7 Å². The topological polar surface area (TPSA) is 89.0 Å². The van der Waals surface area contributed by atoms with Crippen molar-refractivity contribution < 1.29 is 19.1 Å². The number of esters is 1. The molecule has 0 radical (unpaired) electrons. The number of carbonyl (C=O) groups is 2. The minimum absolute atomic E-state index is 0.112. The molecule has 0 aromatic heterocycles. The second kappa shape index (κ2) is 6.74. The average Bonchev–Trinajstić information content (AvgIpc) is 2.48. The van der Waals surface area contributed by atoms with E-state index in [2.05, 4.69) is 15.8 Å². The van der Waals surface area contributed by atoms with Crippen molar-refractivity contribution in [3.05, 3.63) is 29.8 Å². The molecule has 1 unspecified atom stereocenters. The van der Waals surface area contributed by atoms with Crippen molar-refractivity contribution >= 4 is 17.7 Å². The summed E-state index contributed by atoms with van der Waals surface area (Å²) in [6, 6.07) is 5.98. The molecule has 21 heavy (non-hydrogen) atoms. The van der Waals surface area contributed by atoms with Gasteiger partial charge in [0.15, 0.2) is 5.71 Å². The number of amides is 2. The van der Waals surface area contributed by atoms with E-state index in [1.807, 2.05) is 6.92 Å². The molecular formula is C14H17N3O4. The van der Waals surface area contributed by atoms with Crippen LogP contribution >= 0.6 is 0 Å². The molecule has 112 valence electrons. The quantitative estimate of drug-likeness (QED) is 0.802. The molecule has 0 saturated carbocycles. The van der Waals surface area contributed by atoms with Gasteiger partial charge >= 0.3 is 12.0 Å². The number of rotatable bonds is 5. The minimum Gasteiger partial charge on any atom is -0.494 e. The van der Waals surface area contributed by atoms with Gasteiger partial charge in [-0.1, -0.05) is 12.1 Å². The fourth-order valence-corrected chi connectivity index (χ4v) is 1.94. The number of ether oxygens (including phenoxy) is 2. The van der Waals surface area contributed by atoms with Crippen LogP contribution in [0.15, 0.2) is 29.4 Å². The standard InChI is InChI=1S/C14H17N3O4/c1-3-20-10-7-5-9(6-8-10)11-12(13(18)21-4-2)16-17-14(19)15-11/h5-8,11H,3-4H2,1-2H3,(H2,15,17,19). The van der Waals surface area contributed by atoms with Crippen molar-refractivity contribution in [2.45, 2.75) is 19.9 Å². The highest BCUT2D eigenvalue weighted by Gasteiger charge is 2.31. The van der Waals surface area contributed by atoms with Crippen molar-refractivity contribution in [3.63, 3.8) is 0 Å². The lowest BCUT2D eigenvalue weighted by molar-refractivity contribution is -0.135. The van der Waals surface area contributed by atoms with Gasteiger partial charge in [-0.2, -0.15) is 5.10 Å². The van der Waals surface area contributed by atoms with Gasteiger partial charge in [0.2, 0.25) is 0 Å². The van der Waals surface area contributed by atoms with Gasteiger partial charge in [0, 0.05) is 0 Å². The SMILES string of the molecule is CCOC(=O)C1=NNC(=O)NC1c1ccc(OCC)cc1. The number of nitrogens with zero attached hydrogens (tertiary/aromatic N) is 1. The molecule has 0 fully saturated rings. The van der Waals surface area contributed by atoms with Crippen LogP contribution in [0, 0.1) is 0 Å². The largest absolute Gasteiger partial charge is 0.494 e. The summed E-state index contributed by atoms with van der Waals surface area (Å²) in [7, 11) is 0. The molecule has 1 heterocycles. The fraction of sp³-hybridized carbons (Fsp3) is 0.357. The molecule has 1 aromatic rings. The van der Waals surface area contributed by atoms with Crippen LogP contribution in [-0.2, 0) is 9.53 Å². The van der Waals surface area contributed by atoms with Crippen LogP contribution in [0.25, 0.3) is 0 Å². The van der Waals surface area contributed by atoms with Gasteiger partial charge in [-0.05, 0) is 31.5 Å². The van der Waals surface area contributed by atoms with Gasteiger partial charge in [-0.3, -0.25) is 0 Å². The van der Waals surface area contributed by atoms with Crippen LogP contribution in [0.1, 0.15) is 25.5 Å². The predicted octanol–water partition coefficient (Wildman–Crippen LogP) is 1.36. The summed E-state index contributed by atoms with van der Waals surface area (Å²) in [4.78, 5) is 23.3. The Hall–Kier alpha value is -2.57. The van der Waals surface area contributed by atoms with E-state index in [0.717, 1.165) is 11.3 Å². The number of benzene rings is 1. The molecule has 1 aliphatic rings. The van der Waals surface area contributed by atoms with E-state index >= 15 is 0 Å². The van der Waals surface area contributed by atoms with E-state index in [1.165, 1.54) is 0 Å². The molecule has 0 spiro atoms. The number of carbonyl (C=O) groups excluding carboxylic acids is 2. The molecule has 0 aliphatic carbocycles. The monoisotopic (exact) mass is 291 g/mol. The van der Waals surface area contributed by atoms with Gasteiger partial charge in [-0.25, -0.2) is 15.0 Å². The zero-order valence-corrected chi connectivity index (χ0v) is 11.9. The third-order valence-corrected chi connectivity index (χ3v) is 2.84. The molecule has 7 nitrogen and oxygen atoms in total. The summed E-state index contributed by atoms with van der Waals surface area (Å²) in [5.41, 5.74) is 3.05. The molecule has 1 aromatic carbocycles.